The summed E-state index contributed by atoms with van der Waals surface area (Å²) in [6, 6.07) is 15.3. The number of piperidine rings is 1. The molecule has 2 aliphatic rings. The van der Waals surface area contributed by atoms with E-state index in [2.05, 4.69) is 22.5 Å². The molecule has 0 aromatic heterocycles. The number of thioether (sulfide) groups is 1. The second-order valence-electron chi connectivity index (χ2n) is 8.34. The Morgan fingerprint density at radius 3 is 2.90 bits per heavy atom. The summed E-state index contributed by atoms with van der Waals surface area (Å²) in [5.74, 6) is 0.532. The van der Waals surface area contributed by atoms with Crippen LogP contribution in [0, 0.1) is 5.92 Å². The molecule has 31 heavy (non-hydrogen) atoms. The number of rotatable bonds is 6. The number of carbonyl (C=O) groups excluding carboxylic acids is 2. The number of nitrogens with one attached hydrogen (secondary N) is 2. The van der Waals surface area contributed by atoms with E-state index in [9.17, 15) is 9.59 Å². The smallest absolute Gasteiger partial charge is 0.262 e. The summed E-state index contributed by atoms with van der Waals surface area (Å²) in [5.41, 5.74) is 2.25. The van der Waals surface area contributed by atoms with E-state index in [0.29, 0.717) is 22.7 Å². The van der Waals surface area contributed by atoms with Gasteiger partial charge < -0.3 is 15.5 Å². The lowest BCUT2D eigenvalue weighted by Crippen LogP contribution is -2.36. The first-order valence-corrected chi connectivity index (χ1v) is 11.8. The number of anilines is 1. The molecule has 0 saturated carbocycles. The molecule has 1 saturated heterocycles. The first kappa shape index (κ1) is 21.7. The van der Waals surface area contributed by atoms with E-state index in [-0.39, 0.29) is 11.8 Å². The van der Waals surface area contributed by atoms with E-state index in [0.717, 1.165) is 35.9 Å². The molecule has 2 aliphatic heterocycles. The number of hydrogen-bond donors (Lipinski definition) is 2. The number of hydrogen-bond acceptors (Lipinski definition) is 4. The van der Waals surface area contributed by atoms with E-state index >= 15 is 0 Å². The molecular weight excluding hydrogens is 406 g/mol. The molecule has 0 bridgehead atoms. The standard InChI is InChI=1S/C25H29N3O2S/c1-18-7-5-13-28(17-18)14-6-12-26-24(29)20-10-11-22-21(16-20)27-25(30)23(31-22)15-19-8-3-2-4-9-19/h2-4,8-11,15-16,18H,5-7,12-14,17H2,1H3,(H,26,29)(H,27,30). The van der Waals surface area contributed by atoms with Gasteiger partial charge in [-0.1, -0.05) is 49.0 Å². The minimum atomic E-state index is -0.144. The number of nitrogens with zero attached hydrogens (tertiary/aromatic N) is 1. The second-order valence-corrected chi connectivity index (χ2v) is 9.43. The van der Waals surface area contributed by atoms with Gasteiger partial charge in [-0.3, -0.25) is 9.59 Å². The lowest BCUT2D eigenvalue weighted by Gasteiger charge is -2.30. The zero-order valence-electron chi connectivity index (χ0n) is 17.9. The van der Waals surface area contributed by atoms with Crippen molar-refractivity contribution in [2.45, 2.75) is 31.1 Å². The molecule has 1 fully saturated rings. The average molecular weight is 436 g/mol. The second kappa shape index (κ2) is 10.2. The zero-order chi connectivity index (χ0) is 21.6. The highest BCUT2D eigenvalue weighted by atomic mass is 32.2. The number of carbonyl (C=O) groups is 2. The minimum absolute atomic E-state index is 0.0975. The van der Waals surface area contributed by atoms with E-state index in [4.69, 9.17) is 0 Å². The van der Waals surface area contributed by atoms with E-state index in [1.54, 1.807) is 6.07 Å². The van der Waals surface area contributed by atoms with E-state index < -0.39 is 0 Å². The molecule has 5 nitrogen and oxygen atoms in total. The third-order valence-corrected chi connectivity index (χ3v) is 6.81. The molecule has 1 unspecified atom stereocenters. The monoisotopic (exact) mass is 435 g/mol. The fraction of sp³-hybridized carbons (Fsp3) is 0.360. The highest BCUT2D eigenvalue weighted by Gasteiger charge is 2.22. The molecule has 1 atom stereocenters. The Hall–Kier alpha value is -2.57. The van der Waals surface area contributed by atoms with Crippen LogP contribution in [0.1, 0.15) is 42.1 Å². The quantitative estimate of drug-likeness (QED) is 0.513. The predicted molar refractivity (Wildman–Crippen MR) is 127 cm³/mol. The molecule has 0 spiro atoms. The van der Waals surface area contributed by atoms with Gasteiger partial charge in [-0.05, 0) is 68.1 Å². The van der Waals surface area contributed by atoms with Crippen LogP contribution < -0.4 is 10.6 Å². The largest absolute Gasteiger partial charge is 0.352 e. The fourth-order valence-corrected chi connectivity index (χ4v) is 5.03. The van der Waals surface area contributed by atoms with Crippen LogP contribution >= 0.6 is 11.8 Å². The van der Waals surface area contributed by atoms with Gasteiger partial charge in [-0.15, -0.1) is 0 Å². The minimum Gasteiger partial charge on any atom is -0.352 e. The summed E-state index contributed by atoms with van der Waals surface area (Å²) in [6.07, 6.45) is 5.43. The topological polar surface area (TPSA) is 61.4 Å². The zero-order valence-corrected chi connectivity index (χ0v) is 18.7. The Balaban J connectivity index is 1.32. The molecule has 2 N–H and O–H groups in total. The van der Waals surface area contributed by atoms with Crippen LogP contribution in [0.4, 0.5) is 5.69 Å². The Morgan fingerprint density at radius 1 is 1.26 bits per heavy atom. The molecule has 0 radical (unpaired) electrons. The van der Waals surface area contributed by atoms with Crippen LogP contribution in [0.2, 0.25) is 0 Å². The van der Waals surface area contributed by atoms with Gasteiger partial charge in [-0.25, -0.2) is 0 Å². The Kier molecular flexibility index (Phi) is 7.10. The Morgan fingerprint density at radius 2 is 2.10 bits per heavy atom. The average Bonchev–Trinajstić information content (AvgIpc) is 2.77. The molecule has 0 aliphatic carbocycles. The predicted octanol–water partition coefficient (Wildman–Crippen LogP) is 4.62. The fourth-order valence-electron chi connectivity index (χ4n) is 4.10. The number of fused-ring (bicyclic) bond motifs is 1. The first-order chi connectivity index (χ1) is 15.1. The number of benzene rings is 2. The van der Waals surface area contributed by atoms with Crippen molar-refractivity contribution in [2.75, 3.05) is 31.5 Å². The van der Waals surface area contributed by atoms with Gasteiger partial charge in [0.25, 0.3) is 11.8 Å². The van der Waals surface area contributed by atoms with Crippen molar-refractivity contribution in [3.05, 3.63) is 64.6 Å². The van der Waals surface area contributed by atoms with Gasteiger partial charge in [-0.2, -0.15) is 0 Å². The first-order valence-electron chi connectivity index (χ1n) is 11.0. The molecule has 2 heterocycles. The highest BCUT2D eigenvalue weighted by molar-refractivity contribution is 8.04. The van der Waals surface area contributed by atoms with Crippen molar-refractivity contribution in [2.24, 2.45) is 5.92 Å². The molecule has 4 rings (SSSR count). The van der Waals surface area contributed by atoms with Gasteiger partial charge in [0.15, 0.2) is 0 Å². The summed E-state index contributed by atoms with van der Waals surface area (Å²) in [6.45, 7) is 6.32. The normalized spacial score (nSPS) is 20.2. The van der Waals surface area contributed by atoms with Gasteiger partial charge >= 0.3 is 0 Å². The van der Waals surface area contributed by atoms with Crippen LogP contribution in [0.5, 0.6) is 0 Å². The van der Waals surface area contributed by atoms with Gasteiger partial charge in [0.05, 0.1) is 10.6 Å². The van der Waals surface area contributed by atoms with E-state index in [1.807, 2.05) is 48.5 Å². The maximum Gasteiger partial charge on any atom is 0.262 e. The van der Waals surface area contributed by atoms with Crippen molar-refractivity contribution in [3.63, 3.8) is 0 Å². The lowest BCUT2D eigenvalue weighted by molar-refractivity contribution is -0.112. The van der Waals surface area contributed by atoms with Crippen molar-refractivity contribution in [3.8, 4) is 0 Å². The number of amides is 2. The molecule has 2 amide bonds. The summed E-state index contributed by atoms with van der Waals surface area (Å²) < 4.78 is 0. The SMILES string of the molecule is CC1CCCN(CCCNC(=O)c2ccc3c(c2)NC(=O)C(=Cc2ccccc2)S3)C1. The van der Waals surface area contributed by atoms with Crippen molar-refractivity contribution in [1.82, 2.24) is 10.2 Å². The van der Waals surface area contributed by atoms with E-state index in [1.165, 1.54) is 31.1 Å². The van der Waals surface area contributed by atoms with Crippen LogP contribution in [-0.2, 0) is 4.79 Å². The van der Waals surface area contributed by atoms with Crippen LogP contribution in [0.15, 0.2) is 58.3 Å². The van der Waals surface area contributed by atoms with Crippen LogP contribution in [0.3, 0.4) is 0 Å². The third-order valence-electron chi connectivity index (χ3n) is 5.71. The summed E-state index contributed by atoms with van der Waals surface area (Å²) in [7, 11) is 0. The Labute approximate surface area is 188 Å². The van der Waals surface area contributed by atoms with Crippen LogP contribution in [0.25, 0.3) is 6.08 Å². The summed E-state index contributed by atoms with van der Waals surface area (Å²) >= 11 is 1.43. The van der Waals surface area contributed by atoms with Crippen molar-refractivity contribution >= 4 is 35.3 Å². The summed E-state index contributed by atoms with van der Waals surface area (Å²) in [5, 5.41) is 5.94. The maximum atomic E-state index is 12.6. The highest BCUT2D eigenvalue weighted by Crippen LogP contribution is 2.39. The molecular formula is C25H29N3O2S. The molecule has 2 aromatic rings. The summed E-state index contributed by atoms with van der Waals surface area (Å²) in [4.78, 5) is 29.2. The number of likely N-dealkylation sites (tertiary alicyclic amines) is 1. The molecule has 2 aromatic carbocycles. The van der Waals surface area contributed by atoms with Gasteiger partial charge in [0, 0.05) is 23.5 Å². The maximum absolute atomic E-state index is 12.6. The third kappa shape index (κ3) is 5.77. The molecule has 6 heteroatoms. The van der Waals surface area contributed by atoms with Crippen LogP contribution in [-0.4, -0.2) is 42.9 Å². The molecule has 162 valence electrons. The lowest BCUT2D eigenvalue weighted by atomic mass is 10.0. The van der Waals surface area contributed by atoms with Crippen molar-refractivity contribution in [1.29, 1.82) is 0 Å². The Bertz CT molecular complexity index is 974. The van der Waals surface area contributed by atoms with Gasteiger partial charge in [0.1, 0.15) is 0 Å². The van der Waals surface area contributed by atoms with Crippen molar-refractivity contribution < 1.29 is 9.59 Å². The van der Waals surface area contributed by atoms with Gasteiger partial charge in [0.2, 0.25) is 0 Å².